The quantitative estimate of drug-likeness (QED) is 0.413. The SMILES string of the molecule is CC(CC(C)C(N)=O)Nc1cnc(C(N)=O)c(Nc2ccc(C(=O)O)nc2)n1. The summed E-state index contributed by atoms with van der Waals surface area (Å²) in [6.45, 7) is 3.58. The molecule has 28 heavy (non-hydrogen) atoms. The molecule has 0 aromatic carbocycles. The Morgan fingerprint density at radius 2 is 1.86 bits per heavy atom. The fraction of sp³-hybridized carbons (Fsp3) is 0.294. The number of nitrogens with two attached hydrogens (primary N) is 2. The smallest absolute Gasteiger partial charge is 0.354 e. The van der Waals surface area contributed by atoms with E-state index in [1.165, 1.54) is 24.5 Å². The van der Waals surface area contributed by atoms with Gasteiger partial charge in [0, 0.05) is 12.0 Å². The highest BCUT2D eigenvalue weighted by molar-refractivity contribution is 5.96. The third kappa shape index (κ3) is 5.37. The molecule has 0 aliphatic heterocycles. The summed E-state index contributed by atoms with van der Waals surface area (Å²) in [4.78, 5) is 45.8. The molecule has 2 unspecified atom stereocenters. The lowest BCUT2D eigenvalue weighted by Gasteiger charge is -2.18. The molecule has 0 aliphatic rings. The Morgan fingerprint density at radius 3 is 2.39 bits per heavy atom. The van der Waals surface area contributed by atoms with Crippen molar-refractivity contribution in [2.24, 2.45) is 17.4 Å². The Balaban J connectivity index is 2.21. The molecule has 0 aliphatic carbocycles. The van der Waals surface area contributed by atoms with E-state index < -0.39 is 17.8 Å². The van der Waals surface area contributed by atoms with Crippen LogP contribution in [0.5, 0.6) is 0 Å². The molecule has 0 radical (unpaired) electrons. The van der Waals surface area contributed by atoms with E-state index in [1.807, 2.05) is 6.92 Å². The molecule has 11 nitrogen and oxygen atoms in total. The number of carboxylic acids is 1. The van der Waals surface area contributed by atoms with Gasteiger partial charge < -0.3 is 27.2 Å². The molecule has 148 valence electrons. The zero-order valence-electron chi connectivity index (χ0n) is 15.3. The van der Waals surface area contributed by atoms with Crippen LogP contribution in [-0.4, -0.2) is 43.9 Å². The Hall–Kier alpha value is -3.76. The number of carbonyl (C=O) groups excluding carboxylic acids is 2. The molecule has 0 fully saturated rings. The second-order valence-electron chi connectivity index (χ2n) is 6.26. The van der Waals surface area contributed by atoms with Crippen molar-refractivity contribution in [2.75, 3.05) is 10.6 Å². The van der Waals surface area contributed by atoms with Gasteiger partial charge in [0.1, 0.15) is 11.5 Å². The zero-order valence-corrected chi connectivity index (χ0v) is 15.3. The van der Waals surface area contributed by atoms with Crippen LogP contribution in [-0.2, 0) is 4.79 Å². The summed E-state index contributed by atoms with van der Waals surface area (Å²) in [7, 11) is 0. The van der Waals surface area contributed by atoms with Gasteiger partial charge in [0.2, 0.25) is 5.91 Å². The number of aromatic carboxylic acids is 1. The van der Waals surface area contributed by atoms with Gasteiger partial charge in [-0.1, -0.05) is 6.92 Å². The Bertz CT molecular complexity index is 886. The van der Waals surface area contributed by atoms with Gasteiger partial charge in [-0.3, -0.25) is 9.59 Å². The van der Waals surface area contributed by atoms with Gasteiger partial charge in [0.15, 0.2) is 11.5 Å². The number of hydrogen-bond donors (Lipinski definition) is 5. The number of nitrogens with zero attached hydrogens (tertiary/aromatic N) is 3. The van der Waals surface area contributed by atoms with Crippen LogP contribution in [0.3, 0.4) is 0 Å². The summed E-state index contributed by atoms with van der Waals surface area (Å²) in [6.07, 6.45) is 3.12. The average Bonchev–Trinajstić information content (AvgIpc) is 2.61. The van der Waals surface area contributed by atoms with Gasteiger partial charge in [0.25, 0.3) is 5.91 Å². The largest absolute Gasteiger partial charge is 0.477 e. The van der Waals surface area contributed by atoms with E-state index in [2.05, 4.69) is 25.6 Å². The van der Waals surface area contributed by atoms with Crippen molar-refractivity contribution in [3.05, 3.63) is 35.9 Å². The molecule has 2 heterocycles. The van der Waals surface area contributed by atoms with E-state index in [9.17, 15) is 14.4 Å². The molecule has 0 saturated heterocycles. The highest BCUT2D eigenvalue weighted by Crippen LogP contribution is 2.20. The van der Waals surface area contributed by atoms with Gasteiger partial charge in [-0.25, -0.2) is 19.7 Å². The lowest BCUT2D eigenvalue weighted by molar-refractivity contribution is -0.121. The maximum absolute atomic E-state index is 11.6. The van der Waals surface area contributed by atoms with Crippen LogP contribution in [0.4, 0.5) is 17.3 Å². The van der Waals surface area contributed by atoms with Crippen molar-refractivity contribution in [3.63, 3.8) is 0 Å². The number of anilines is 3. The molecular formula is C17H21N7O4. The Labute approximate surface area is 160 Å². The molecule has 7 N–H and O–H groups in total. The van der Waals surface area contributed by atoms with Gasteiger partial charge in [-0.15, -0.1) is 0 Å². The number of rotatable bonds is 9. The van der Waals surface area contributed by atoms with Crippen LogP contribution in [0.15, 0.2) is 24.5 Å². The highest BCUT2D eigenvalue weighted by atomic mass is 16.4. The summed E-state index contributed by atoms with van der Waals surface area (Å²) in [5, 5.41) is 14.8. The van der Waals surface area contributed by atoms with Gasteiger partial charge >= 0.3 is 5.97 Å². The average molecular weight is 387 g/mol. The minimum atomic E-state index is -1.16. The zero-order chi connectivity index (χ0) is 20.8. The number of pyridine rings is 1. The van der Waals surface area contributed by atoms with E-state index in [1.54, 1.807) is 6.92 Å². The Kier molecular flexibility index (Phi) is 6.42. The monoisotopic (exact) mass is 387 g/mol. The lowest BCUT2D eigenvalue weighted by atomic mass is 10.0. The summed E-state index contributed by atoms with van der Waals surface area (Å²) < 4.78 is 0. The first-order valence-corrected chi connectivity index (χ1v) is 8.36. The Morgan fingerprint density at radius 1 is 1.14 bits per heavy atom. The maximum Gasteiger partial charge on any atom is 0.354 e. The number of nitrogens with one attached hydrogen (secondary N) is 2. The van der Waals surface area contributed by atoms with Crippen LogP contribution in [0.2, 0.25) is 0 Å². The molecule has 2 amide bonds. The minimum Gasteiger partial charge on any atom is -0.477 e. The fourth-order valence-corrected chi connectivity index (χ4v) is 2.42. The summed E-state index contributed by atoms with van der Waals surface area (Å²) >= 11 is 0. The lowest BCUT2D eigenvalue weighted by Crippen LogP contribution is -2.27. The first kappa shape index (κ1) is 20.6. The third-order valence-electron chi connectivity index (χ3n) is 3.84. The van der Waals surface area contributed by atoms with Crippen molar-refractivity contribution in [2.45, 2.75) is 26.3 Å². The first-order valence-electron chi connectivity index (χ1n) is 8.36. The van der Waals surface area contributed by atoms with E-state index in [0.717, 1.165) is 0 Å². The van der Waals surface area contributed by atoms with Crippen LogP contribution >= 0.6 is 0 Å². The van der Waals surface area contributed by atoms with Crippen LogP contribution < -0.4 is 22.1 Å². The molecule has 0 bridgehead atoms. The van der Waals surface area contributed by atoms with Crippen LogP contribution in [0.25, 0.3) is 0 Å². The summed E-state index contributed by atoms with van der Waals surface area (Å²) in [6, 6.07) is 2.64. The number of carbonyl (C=O) groups is 3. The second-order valence-corrected chi connectivity index (χ2v) is 6.26. The molecule has 2 rings (SSSR count). The van der Waals surface area contributed by atoms with Crippen molar-refractivity contribution in [1.29, 1.82) is 0 Å². The van der Waals surface area contributed by atoms with Crippen LogP contribution in [0, 0.1) is 5.92 Å². The number of aromatic nitrogens is 3. The molecule has 0 saturated carbocycles. The number of primary amides is 2. The van der Waals surface area contributed by atoms with Gasteiger partial charge in [-0.05, 0) is 25.5 Å². The topological polar surface area (TPSA) is 186 Å². The minimum absolute atomic E-state index is 0.0810. The number of hydrogen-bond acceptors (Lipinski definition) is 8. The van der Waals surface area contributed by atoms with E-state index in [4.69, 9.17) is 16.6 Å². The van der Waals surface area contributed by atoms with E-state index in [-0.39, 0.29) is 29.2 Å². The van der Waals surface area contributed by atoms with Gasteiger partial charge in [0.05, 0.1) is 18.1 Å². The van der Waals surface area contributed by atoms with E-state index in [0.29, 0.717) is 17.9 Å². The number of carboxylic acid groups (broad SMARTS) is 1. The van der Waals surface area contributed by atoms with Gasteiger partial charge in [-0.2, -0.15) is 0 Å². The highest BCUT2D eigenvalue weighted by Gasteiger charge is 2.17. The van der Waals surface area contributed by atoms with Crippen molar-refractivity contribution < 1.29 is 19.5 Å². The fourth-order valence-electron chi connectivity index (χ4n) is 2.42. The van der Waals surface area contributed by atoms with E-state index >= 15 is 0 Å². The molecular weight excluding hydrogens is 366 g/mol. The predicted octanol–water partition coefficient (Wildman–Crippen LogP) is 0.724. The normalized spacial score (nSPS) is 12.6. The standard InChI is InChI=1S/C17H21N7O4/c1-8(14(18)25)5-9(2)22-12-7-21-13(15(19)26)16(24-12)23-10-3-4-11(17(27)28)20-6-10/h3-4,6-9H,5H2,1-2H3,(H2,18,25)(H2,19,26)(H,27,28)(H2,22,23,24). The molecule has 0 spiro atoms. The number of amides is 2. The molecule has 11 heteroatoms. The van der Waals surface area contributed by atoms with Crippen molar-refractivity contribution in [3.8, 4) is 0 Å². The van der Waals surface area contributed by atoms with Crippen LogP contribution in [0.1, 0.15) is 41.2 Å². The maximum atomic E-state index is 11.6. The molecule has 2 atom stereocenters. The predicted molar refractivity (Wildman–Crippen MR) is 101 cm³/mol. The third-order valence-corrected chi connectivity index (χ3v) is 3.84. The molecule has 2 aromatic heterocycles. The second kappa shape index (κ2) is 8.75. The van der Waals surface area contributed by atoms with Crippen molar-refractivity contribution in [1.82, 2.24) is 15.0 Å². The molecule has 2 aromatic rings. The first-order chi connectivity index (χ1) is 13.2. The summed E-state index contributed by atoms with van der Waals surface area (Å²) in [5.41, 5.74) is 10.8. The summed E-state index contributed by atoms with van der Waals surface area (Å²) in [5.74, 6) is -2.23. The van der Waals surface area contributed by atoms with Crippen molar-refractivity contribution >= 4 is 35.1 Å².